The molecule has 1 heterocycles. The summed E-state index contributed by atoms with van der Waals surface area (Å²) in [5.74, 6) is 0.242. The molecule has 5 aromatic rings. The van der Waals surface area contributed by atoms with E-state index in [-0.39, 0.29) is 6.61 Å². The third kappa shape index (κ3) is 9.14. The average molecular weight is 646 g/mol. The van der Waals surface area contributed by atoms with E-state index in [0.29, 0.717) is 34.5 Å². The van der Waals surface area contributed by atoms with Crippen LogP contribution in [0.2, 0.25) is 6.32 Å². The fourth-order valence-electron chi connectivity index (χ4n) is 6.45. The molecule has 0 aliphatic rings. The summed E-state index contributed by atoms with van der Waals surface area (Å²) in [5, 5.41) is 0.866. The molecule has 0 spiro atoms. The van der Waals surface area contributed by atoms with Crippen LogP contribution in [0.25, 0.3) is 11.0 Å². The smallest absolute Gasteiger partial charge is 0.336 e. The number of fused-ring (bicyclic) bond motifs is 1. The van der Waals surface area contributed by atoms with Crippen molar-refractivity contribution in [2.45, 2.75) is 39.6 Å². The summed E-state index contributed by atoms with van der Waals surface area (Å²) >= 11 is 0. The molecule has 48 heavy (non-hydrogen) atoms. The predicted molar refractivity (Wildman–Crippen MR) is 199 cm³/mol. The Bertz CT molecular complexity index is 1740. The SMILES string of the molecule is C=C(C)C(=O)OCC[N+](C)(C)Cc1cc(=O)oc2cc(OC)ccc12.CCCC[B-](c1ccccc1)(c1ccccc1)c1ccccc1. The molecule has 0 atom stereocenters. The number of ether oxygens (including phenoxy) is 2. The normalized spacial score (nSPS) is 11.4. The minimum absolute atomic E-state index is 0.284. The van der Waals surface area contributed by atoms with Crippen LogP contribution in [-0.2, 0) is 16.1 Å². The Kier molecular flexibility index (Phi) is 12.6. The molecule has 0 saturated heterocycles. The zero-order chi connectivity index (χ0) is 34.6. The van der Waals surface area contributed by atoms with Gasteiger partial charge in [-0.2, -0.15) is 22.7 Å². The van der Waals surface area contributed by atoms with E-state index in [9.17, 15) is 9.59 Å². The van der Waals surface area contributed by atoms with Crippen LogP contribution in [0, 0.1) is 0 Å². The second kappa shape index (κ2) is 16.8. The van der Waals surface area contributed by atoms with Crippen molar-refractivity contribution in [1.29, 1.82) is 0 Å². The predicted octanol–water partition coefficient (Wildman–Crippen LogP) is 6.45. The van der Waals surface area contributed by atoms with Crippen molar-refractivity contribution in [2.75, 3.05) is 34.4 Å². The zero-order valence-electron chi connectivity index (χ0n) is 29.0. The fourth-order valence-corrected chi connectivity index (χ4v) is 6.45. The van der Waals surface area contributed by atoms with E-state index >= 15 is 0 Å². The van der Waals surface area contributed by atoms with Crippen molar-refractivity contribution in [1.82, 2.24) is 0 Å². The zero-order valence-corrected chi connectivity index (χ0v) is 29.0. The minimum atomic E-state index is -0.913. The quantitative estimate of drug-likeness (QED) is 0.0484. The van der Waals surface area contributed by atoms with Gasteiger partial charge in [-0.1, -0.05) is 117 Å². The molecular formula is C41H48BNO5. The molecule has 6 nitrogen and oxygen atoms in total. The van der Waals surface area contributed by atoms with Crippen LogP contribution < -0.4 is 26.8 Å². The molecule has 0 unspecified atom stereocenters. The van der Waals surface area contributed by atoms with Gasteiger partial charge in [0.2, 0.25) is 0 Å². The number of carbonyl (C=O) groups excluding carboxylic acids is 1. The van der Waals surface area contributed by atoms with Crippen molar-refractivity contribution in [3.05, 3.63) is 143 Å². The van der Waals surface area contributed by atoms with Gasteiger partial charge in [-0.15, -0.1) is 0 Å². The van der Waals surface area contributed by atoms with Gasteiger partial charge < -0.3 is 18.4 Å². The van der Waals surface area contributed by atoms with Gasteiger partial charge in [0, 0.05) is 28.7 Å². The summed E-state index contributed by atoms with van der Waals surface area (Å²) in [6.45, 7) is 8.95. The molecule has 0 aliphatic carbocycles. The number of hydrogen-bond donors (Lipinski definition) is 0. The molecule has 5 rings (SSSR count). The minimum Gasteiger partial charge on any atom is -0.497 e. The highest BCUT2D eigenvalue weighted by atomic mass is 16.5. The molecule has 4 aromatic carbocycles. The lowest BCUT2D eigenvalue weighted by molar-refractivity contribution is -0.903. The Labute approximate surface area is 285 Å². The van der Waals surface area contributed by atoms with Crippen molar-refractivity contribution in [3.8, 4) is 5.75 Å². The molecule has 1 aromatic heterocycles. The summed E-state index contributed by atoms with van der Waals surface area (Å²) in [6.07, 6.45) is 2.73. The number of esters is 1. The van der Waals surface area contributed by atoms with Gasteiger partial charge in [0.05, 0.1) is 27.4 Å². The van der Waals surface area contributed by atoms with Gasteiger partial charge in [-0.3, -0.25) is 0 Å². The van der Waals surface area contributed by atoms with Crippen LogP contribution in [0.4, 0.5) is 0 Å². The van der Waals surface area contributed by atoms with Crippen LogP contribution in [0.3, 0.4) is 0 Å². The largest absolute Gasteiger partial charge is 0.497 e. The summed E-state index contributed by atoms with van der Waals surface area (Å²) in [7, 11) is 5.59. The Hall–Kier alpha value is -4.88. The van der Waals surface area contributed by atoms with Crippen molar-refractivity contribution in [2.24, 2.45) is 0 Å². The summed E-state index contributed by atoms with van der Waals surface area (Å²) in [5.41, 5.74) is 5.69. The van der Waals surface area contributed by atoms with Gasteiger partial charge in [0.25, 0.3) is 0 Å². The number of rotatable bonds is 13. The van der Waals surface area contributed by atoms with Gasteiger partial charge in [-0.05, 0) is 19.1 Å². The summed E-state index contributed by atoms with van der Waals surface area (Å²) in [6, 6.07) is 40.1. The lowest BCUT2D eigenvalue weighted by Crippen LogP contribution is -2.66. The van der Waals surface area contributed by atoms with E-state index in [1.54, 1.807) is 20.1 Å². The van der Waals surface area contributed by atoms with Gasteiger partial charge >= 0.3 is 11.6 Å². The molecule has 0 bridgehead atoms. The Morgan fingerprint density at radius 1 is 0.833 bits per heavy atom. The van der Waals surface area contributed by atoms with E-state index in [2.05, 4.69) is 104 Å². The summed E-state index contributed by atoms with van der Waals surface area (Å²) < 4.78 is 16.2. The third-order valence-corrected chi connectivity index (χ3v) is 9.01. The lowest BCUT2D eigenvalue weighted by atomic mass is 9.14. The van der Waals surface area contributed by atoms with Gasteiger partial charge in [0.1, 0.15) is 31.0 Å². The monoisotopic (exact) mass is 645 g/mol. The standard InChI is InChI=1S/C22H24B.C19H24NO5/c1-2-3-19-23(20-13-7-4-8-14-20,21-15-9-5-10-16-21)22-17-11-6-12-18-22;1-13(2)19(22)24-9-8-20(3,4)12-14-10-18(21)25-17-11-15(23-5)6-7-16(14)17/h4-18H,2-3,19H2,1H3;6-7,10-11H,1,8-9,12H2,2-5H3/q-1;+1. The topological polar surface area (TPSA) is 65.7 Å². The number of carbonyl (C=O) groups is 1. The summed E-state index contributed by atoms with van der Waals surface area (Å²) in [4.78, 5) is 23.3. The van der Waals surface area contributed by atoms with E-state index in [4.69, 9.17) is 13.9 Å². The number of benzene rings is 4. The second-order valence-electron chi connectivity index (χ2n) is 13.1. The van der Waals surface area contributed by atoms with Gasteiger partial charge in [0.15, 0.2) is 0 Å². The fraction of sp³-hybridized carbons (Fsp3) is 0.268. The van der Waals surface area contributed by atoms with E-state index in [0.717, 1.165) is 10.9 Å². The molecule has 0 radical (unpaired) electrons. The highest BCUT2D eigenvalue weighted by molar-refractivity contribution is 7.11. The Balaban J connectivity index is 0.000000217. The molecule has 7 heteroatoms. The average Bonchev–Trinajstić information content (AvgIpc) is 3.09. The first kappa shape index (κ1) is 36.0. The third-order valence-electron chi connectivity index (χ3n) is 9.01. The van der Waals surface area contributed by atoms with Crippen molar-refractivity contribution >= 4 is 39.5 Å². The lowest BCUT2D eigenvalue weighted by Gasteiger charge is -2.43. The molecule has 0 amide bonds. The number of methoxy groups -OCH3 is 1. The number of quaternary nitrogens is 1. The van der Waals surface area contributed by atoms with Crippen molar-refractivity contribution < 1.29 is 23.2 Å². The van der Waals surface area contributed by atoms with Crippen LogP contribution in [0.15, 0.2) is 137 Å². The van der Waals surface area contributed by atoms with Crippen molar-refractivity contribution in [3.63, 3.8) is 0 Å². The maximum absolute atomic E-state index is 11.9. The molecule has 0 aliphatic heterocycles. The molecule has 0 N–H and O–H groups in total. The Morgan fingerprint density at radius 2 is 1.38 bits per heavy atom. The number of likely N-dealkylation sites (N-methyl/N-ethyl adjacent to an activating group) is 1. The molecule has 0 fully saturated rings. The van der Waals surface area contributed by atoms with Crippen LogP contribution in [0.5, 0.6) is 5.75 Å². The first-order chi connectivity index (χ1) is 23.1. The first-order valence-corrected chi connectivity index (χ1v) is 16.7. The van der Waals surface area contributed by atoms with Gasteiger partial charge in [-0.25, -0.2) is 9.59 Å². The first-order valence-electron chi connectivity index (χ1n) is 16.7. The highest BCUT2D eigenvalue weighted by Crippen LogP contribution is 2.24. The van der Waals surface area contributed by atoms with E-state index in [1.165, 1.54) is 41.6 Å². The number of hydrogen-bond acceptors (Lipinski definition) is 5. The maximum Gasteiger partial charge on any atom is 0.336 e. The van der Waals surface area contributed by atoms with Crippen LogP contribution in [-0.4, -0.2) is 51.0 Å². The van der Waals surface area contributed by atoms with E-state index in [1.807, 2.05) is 26.2 Å². The highest BCUT2D eigenvalue weighted by Gasteiger charge is 2.29. The number of nitrogens with zero attached hydrogens (tertiary/aromatic N) is 1. The van der Waals surface area contributed by atoms with E-state index < -0.39 is 17.7 Å². The molecular weight excluding hydrogens is 597 g/mol. The Morgan fingerprint density at radius 3 is 1.85 bits per heavy atom. The number of unbranched alkanes of at least 4 members (excludes halogenated alkanes) is 1. The molecule has 0 saturated carbocycles. The molecule has 250 valence electrons. The maximum atomic E-state index is 11.9. The second-order valence-corrected chi connectivity index (χ2v) is 13.1. The van der Waals surface area contributed by atoms with Crippen LogP contribution >= 0.6 is 0 Å². The van der Waals surface area contributed by atoms with Crippen LogP contribution in [0.1, 0.15) is 32.3 Å².